The minimum Gasteiger partial charge on any atom is -0.490 e. The molecule has 1 aromatic carbocycles. The largest absolute Gasteiger partial charge is 0.490 e. The van der Waals surface area contributed by atoms with Crippen LogP contribution in [-0.4, -0.2) is 29.1 Å². The molecule has 2 rings (SSSR count). The number of nitrogens with two attached hydrogens (primary N) is 1. The Morgan fingerprint density at radius 1 is 1.32 bits per heavy atom. The van der Waals surface area contributed by atoms with Crippen molar-refractivity contribution in [3.63, 3.8) is 0 Å². The van der Waals surface area contributed by atoms with Gasteiger partial charge in [-0.3, -0.25) is 0 Å². The Morgan fingerprint density at radius 2 is 2.05 bits per heavy atom. The number of ether oxygens (including phenoxy) is 2. The third kappa shape index (κ3) is 3.79. The van der Waals surface area contributed by atoms with Crippen LogP contribution in [0.15, 0.2) is 27.9 Å². The highest BCUT2D eigenvalue weighted by Gasteiger charge is 2.11. The molecule has 0 radical (unpaired) electrons. The van der Waals surface area contributed by atoms with E-state index in [4.69, 9.17) is 15.2 Å². The summed E-state index contributed by atoms with van der Waals surface area (Å²) in [5.41, 5.74) is 7.44. The summed E-state index contributed by atoms with van der Waals surface area (Å²) < 4.78 is 13.6. The molecule has 0 amide bonds. The summed E-state index contributed by atoms with van der Waals surface area (Å²) in [6.07, 6.45) is 3.46. The van der Waals surface area contributed by atoms with E-state index in [1.165, 1.54) is 4.68 Å². The molecule has 0 fully saturated rings. The van der Waals surface area contributed by atoms with E-state index in [-0.39, 0.29) is 0 Å². The summed E-state index contributed by atoms with van der Waals surface area (Å²) in [6.45, 7) is 6.85. The van der Waals surface area contributed by atoms with Crippen molar-refractivity contribution in [2.75, 3.05) is 18.9 Å². The van der Waals surface area contributed by atoms with Gasteiger partial charge in [0.1, 0.15) is 0 Å². The van der Waals surface area contributed by atoms with Crippen molar-refractivity contribution in [2.24, 2.45) is 5.10 Å². The molecule has 2 aromatic rings. The van der Waals surface area contributed by atoms with Crippen LogP contribution in [0.1, 0.15) is 25.1 Å². The lowest BCUT2D eigenvalue weighted by Crippen LogP contribution is -2.01. The van der Waals surface area contributed by atoms with Crippen LogP contribution in [0, 0.1) is 6.92 Å². The molecular formula is C15H19BrN4O2. The van der Waals surface area contributed by atoms with Gasteiger partial charge in [-0.05, 0) is 54.4 Å². The normalized spacial score (nSPS) is 11.1. The molecule has 0 aliphatic rings. The number of aryl methyl sites for hydroxylation is 1. The molecule has 7 heteroatoms. The number of imidazole rings is 1. The van der Waals surface area contributed by atoms with Gasteiger partial charge in [-0.1, -0.05) is 0 Å². The van der Waals surface area contributed by atoms with Crippen LogP contribution in [0.5, 0.6) is 11.5 Å². The van der Waals surface area contributed by atoms with E-state index in [9.17, 15) is 0 Å². The van der Waals surface area contributed by atoms with E-state index in [1.54, 1.807) is 12.4 Å². The third-order valence-electron chi connectivity index (χ3n) is 2.79. The summed E-state index contributed by atoms with van der Waals surface area (Å²) in [6, 6.07) is 3.79. The standard InChI is InChI=1S/C15H19BrN4O2/c1-4-21-13-7-11(6-12(16)14(13)22-5-2)8-18-20-9-10(3)19-15(20)17/h6-9H,4-5H2,1-3H3,(H2,17,19). The Kier molecular flexibility index (Phi) is 5.43. The van der Waals surface area contributed by atoms with Crippen LogP contribution >= 0.6 is 15.9 Å². The summed E-state index contributed by atoms with van der Waals surface area (Å²) in [5.74, 6) is 1.72. The van der Waals surface area contributed by atoms with Crippen molar-refractivity contribution >= 4 is 28.1 Å². The molecule has 0 saturated carbocycles. The molecule has 1 aromatic heterocycles. The maximum atomic E-state index is 5.76. The maximum Gasteiger partial charge on any atom is 0.221 e. The van der Waals surface area contributed by atoms with Crippen molar-refractivity contribution in [1.82, 2.24) is 9.66 Å². The molecule has 0 aliphatic carbocycles. The number of nitrogens with zero attached hydrogens (tertiary/aromatic N) is 3. The Hall–Kier alpha value is -2.02. The van der Waals surface area contributed by atoms with Crippen molar-refractivity contribution < 1.29 is 9.47 Å². The Labute approximate surface area is 138 Å². The molecule has 118 valence electrons. The van der Waals surface area contributed by atoms with Gasteiger partial charge in [0.05, 0.1) is 35.8 Å². The van der Waals surface area contributed by atoms with Crippen LogP contribution in [0.4, 0.5) is 5.95 Å². The van der Waals surface area contributed by atoms with Gasteiger partial charge in [-0.15, -0.1) is 0 Å². The van der Waals surface area contributed by atoms with Crippen LogP contribution in [-0.2, 0) is 0 Å². The van der Waals surface area contributed by atoms with Gasteiger partial charge < -0.3 is 15.2 Å². The molecule has 6 nitrogen and oxygen atoms in total. The third-order valence-corrected chi connectivity index (χ3v) is 3.38. The average molecular weight is 367 g/mol. The van der Waals surface area contributed by atoms with Crippen LogP contribution < -0.4 is 15.2 Å². The highest BCUT2D eigenvalue weighted by atomic mass is 79.9. The highest BCUT2D eigenvalue weighted by Crippen LogP contribution is 2.36. The maximum absolute atomic E-state index is 5.76. The highest BCUT2D eigenvalue weighted by molar-refractivity contribution is 9.10. The summed E-state index contributed by atoms with van der Waals surface area (Å²) in [5, 5.41) is 4.30. The minimum absolute atomic E-state index is 0.351. The van der Waals surface area contributed by atoms with Gasteiger partial charge in [0.2, 0.25) is 5.95 Å². The number of rotatable bonds is 6. The lowest BCUT2D eigenvalue weighted by atomic mass is 10.2. The average Bonchev–Trinajstić information content (AvgIpc) is 2.79. The van der Waals surface area contributed by atoms with E-state index < -0.39 is 0 Å². The van der Waals surface area contributed by atoms with Gasteiger partial charge >= 0.3 is 0 Å². The van der Waals surface area contributed by atoms with Crippen molar-refractivity contribution in [3.05, 3.63) is 34.1 Å². The number of benzene rings is 1. The van der Waals surface area contributed by atoms with Crippen molar-refractivity contribution in [3.8, 4) is 11.5 Å². The topological polar surface area (TPSA) is 74.7 Å². The number of nitrogen functional groups attached to an aromatic ring is 1. The minimum atomic E-state index is 0.351. The summed E-state index contributed by atoms with van der Waals surface area (Å²) in [7, 11) is 0. The van der Waals surface area contributed by atoms with E-state index in [0.29, 0.717) is 30.7 Å². The van der Waals surface area contributed by atoms with Crippen LogP contribution in [0.2, 0.25) is 0 Å². The lowest BCUT2D eigenvalue weighted by Gasteiger charge is -2.13. The van der Waals surface area contributed by atoms with Gasteiger partial charge in [0, 0.05) is 0 Å². The molecule has 2 N–H and O–H groups in total. The summed E-state index contributed by atoms with van der Waals surface area (Å²) >= 11 is 3.50. The molecule has 0 aliphatic heterocycles. The molecule has 0 atom stereocenters. The zero-order valence-electron chi connectivity index (χ0n) is 12.8. The molecule has 1 heterocycles. The molecule has 0 bridgehead atoms. The van der Waals surface area contributed by atoms with Crippen molar-refractivity contribution in [1.29, 1.82) is 0 Å². The van der Waals surface area contributed by atoms with Gasteiger partial charge in [-0.25, -0.2) is 9.66 Å². The summed E-state index contributed by atoms with van der Waals surface area (Å²) in [4.78, 5) is 4.10. The fraction of sp³-hybridized carbons (Fsp3) is 0.333. The van der Waals surface area contributed by atoms with Gasteiger partial charge in [0.15, 0.2) is 11.5 Å². The molecule has 22 heavy (non-hydrogen) atoms. The first-order chi connectivity index (χ1) is 10.5. The Balaban J connectivity index is 2.33. The number of hydrogen-bond donors (Lipinski definition) is 1. The Morgan fingerprint density at radius 3 is 2.64 bits per heavy atom. The number of halogens is 1. The zero-order chi connectivity index (χ0) is 16.1. The molecule has 0 spiro atoms. The van der Waals surface area contributed by atoms with E-state index in [1.807, 2.05) is 32.9 Å². The second kappa shape index (κ2) is 7.31. The first-order valence-corrected chi connectivity index (χ1v) is 7.79. The first kappa shape index (κ1) is 16.4. The first-order valence-electron chi connectivity index (χ1n) is 7.00. The molecule has 0 saturated heterocycles. The SMILES string of the molecule is CCOc1cc(C=Nn2cc(C)nc2N)cc(Br)c1OCC. The van der Waals surface area contributed by atoms with E-state index >= 15 is 0 Å². The number of aromatic nitrogens is 2. The van der Waals surface area contributed by atoms with E-state index in [0.717, 1.165) is 15.7 Å². The predicted octanol–water partition coefficient (Wildman–Crippen LogP) is 3.22. The smallest absolute Gasteiger partial charge is 0.221 e. The quantitative estimate of drug-likeness (QED) is 0.796. The monoisotopic (exact) mass is 366 g/mol. The lowest BCUT2D eigenvalue weighted by molar-refractivity contribution is 0.286. The fourth-order valence-corrected chi connectivity index (χ4v) is 2.51. The predicted molar refractivity (Wildman–Crippen MR) is 90.8 cm³/mol. The van der Waals surface area contributed by atoms with Crippen LogP contribution in [0.3, 0.4) is 0 Å². The number of hydrogen-bond acceptors (Lipinski definition) is 5. The zero-order valence-corrected chi connectivity index (χ0v) is 14.4. The second-order valence-corrected chi connectivity index (χ2v) is 5.38. The molecular weight excluding hydrogens is 348 g/mol. The van der Waals surface area contributed by atoms with Crippen molar-refractivity contribution in [2.45, 2.75) is 20.8 Å². The number of anilines is 1. The van der Waals surface area contributed by atoms with Gasteiger partial charge in [0.25, 0.3) is 0 Å². The van der Waals surface area contributed by atoms with Crippen LogP contribution in [0.25, 0.3) is 0 Å². The fourth-order valence-electron chi connectivity index (χ4n) is 1.94. The van der Waals surface area contributed by atoms with E-state index in [2.05, 4.69) is 26.0 Å². The Bertz CT molecular complexity index is 682. The molecule has 0 unspecified atom stereocenters. The van der Waals surface area contributed by atoms with Gasteiger partial charge in [-0.2, -0.15) is 5.10 Å². The second-order valence-electron chi connectivity index (χ2n) is 4.53.